The van der Waals surface area contributed by atoms with Crippen molar-refractivity contribution in [2.24, 2.45) is 0 Å². The zero-order chi connectivity index (χ0) is 14.9. The molecule has 0 saturated carbocycles. The molecule has 1 aromatic carbocycles. The first-order chi connectivity index (χ1) is 10.3. The van der Waals surface area contributed by atoms with Crippen molar-refractivity contribution in [3.05, 3.63) is 53.6 Å². The quantitative estimate of drug-likeness (QED) is 0.545. The Hall–Kier alpha value is -1.28. The summed E-state index contributed by atoms with van der Waals surface area (Å²) in [6.07, 6.45) is 13.7. The van der Waals surface area contributed by atoms with Crippen molar-refractivity contribution in [3.8, 4) is 0 Å². The molecule has 1 aromatic heterocycles. The zero-order valence-electron chi connectivity index (χ0n) is 12.8. The molecule has 2 aromatic rings. The topological polar surface area (TPSA) is 17.8 Å². The van der Waals surface area contributed by atoms with Crippen molar-refractivity contribution in [1.29, 1.82) is 0 Å². The highest BCUT2D eigenvalue weighted by Crippen LogP contribution is 2.26. The maximum Gasteiger partial charge on any atom is 0.0946 e. The van der Waals surface area contributed by atoms with Gasteiger partial charge in [0.1, 0.15) is 0 Å². The molecule has 0 bridgehead atoms. The molecular formula is C18H25ClN2. The Kier molecular flexibility index (Phi) is 6.81. The van der Waals surface area contributed by atoms with Crippen LogP contribution in [0.4, 0.5) is 0 Å². The van der Waals surface area contributed by atoms with Gasteiger partial charge in [-0.15, -0.1) is 0 Å². The van der Waals surface area contributed by atoms with Crippen LogP contribution in [0.5, 0.6) is 0 Å². The lowest BCUT2D eigenvalue weighted by Gasteiger charge is -2.18. The Morgan fingerprint density at radius 2 is 1.86 bits per heavy atom. The van der Waals surface area contributed by atoms with Gasteiger partial charge in [0.2, 0.25) is 0 Å². The summed E-state index contributed by atoms with van der Waals surface area (Å²) in [6.45, 7) is 3.25. The molecule has 1 unspecified atom stereocenters. The smallest absolute Gasteiger partial charge is 0.0946 e. The van der Waals surface area contributed by atoms with Gasteiger partial charge in [0.05, 0.1) is 6.33 Å². The van der Waals surface area contributed by atoms with E-state index in [1.807, 2.05) is 30.9 Å². The highest BCUT2D eigenvalue weighted by molar-refractivity contribution is 6.30. The van der Waals surface area contributed by atoms with E-state index in [0.717, 1.165) is 11.6 Å². The lowest BCUT2D eigenvalue weighted by molar-refractivity contribution is 0.488. The number of rotatable bonds is 9. The largest absolute Gasteiger partial charge is 0.337 e. The normalized spacial score (nSPS) is 12.5. The van der Waals surface area contributed by atoms with E-state index in [9.17, 15) is 0 Å². The van der Waals surface area contributed by atoms with Gasteiger partial charge in [-0.3, -0.25) is 0 Å². The number of aromatic nitrogens is 2. The molecule has 0 fully saturated rings. The molecule has 21 heavy (non-hydrogen) atoms. The molecule has 3 heteroatoms. The Bertz CT molecular complexity index is 490. The molecule has 0 N–H and O–H groups in total. The molecule has 0 aliphatic heterocycles. The fourth-order valence-corrected chi connectivity index (χ4v) is 2.87. The van der Waals surface area contributed by atoms with E-state index < -0.39 is 0 Å². The highest BCUT2D eigenvalue weighted by Gasteiger charge is 2.12. The van der Waals surface area contributed by atoms with E-state index in [4.69, 9.17) is 11.6 Å². The number of hydrogen-bond acceptors (Lipinski definition) is 1. The van der Waals surface area contributed by atoms with Gasteiger partial charge in [0.25, 0.3) is 0 Å². The molecule has 1 heterocycles. The maximum atomic E-state index is 6.01. The van der Waals surface area contributed by atoms with E-state index in [2.05, 4.69) is 28.6 Å². The standard InChI is InChI=1S/C18H25ClN2/c1-2-3-4-5-6-7-17(14-21-13-12-20-15-21)16-8-10-18(19)11-9-16/h8-13,15,17H,2-7,14H2,1H3. The molecule has 1 atom stereocenters. The SMILES string of the molecule is CCCCCCCC(Cn1ccnc1)c1ccc(Cl)cc1. The van der Waals surface area contributed by atoms with Gasteiger partial charge in [-0.2, -0.15) is 0 Å². The van der Waals surface area contributed by atoms with Crippen molar-refractivity contribution in [3.63, 3.8) is 0 Å². The van der Waals surface area contributed by atoms with Gasteiger partial charge in [-0.25, -0.2) is 4.98 Å². The minimum absolute atomic E-state index is 0.540. The van der Waals surface area contributed by atoms with E-state index in [1.165, 1.54) is 44.1 Å². The third kappa shape index (κ3) is 5.55. The molecule has 0 amide bonds. The van der Waals surface area contributed by atoms with Gasteiger partial charge in [0, 0.05) is 29.9 Å². The first-order valence-electron chi connectivity index (χ1n) is 8.00. The Labute approximate surface area is 133 Å². The van der Waals surface area contributed by atoms with Crippen LogP contribution in [0.15, 0.2) is 43.0 Å². The van der Waals surface area contributed by atoms with Crippen LogP contribution in [0.1, 0.15) is 56.9 Å². The molecule has 0 radical (unpaired) electrons. The monoisotopic (exact) mass is 304 g/mol. The Morgan fingerprint density at radius 1 is 1.10 bits per heavy atom. The second kappa shape index (κ2) is 8.89. The van der Waals surface area contributed by atoms with Crippen LogP contribution < -0.4 is 0 Å². The molecular weight excluding hydrogens is 280 g/mol. The maximum absolute atomic E-state index is 6.01. The van der Waals surface area contributed by atoms with Crippen LogP contribution >= 0.6 is 11.6 Å². The summed E-state index contributed by atoms with van der Waals surface area (Å²) in [5.74, 6) is 0.540. The van der Waals surface area contributed by atoms with Crippen LogP contribution in [-0.2, 0) is 6.54 Å². The number of imidazole rings is 1. The predicted octanol–water partition coefficient (Wildman–Crippen LogP) is 5.68. The van der Waals surface area contributed by atoms with E-state index in [0.29, 0.717) is 5.92 Å². The van der Waals surface area contributed by atoms with Gasteiger partial charge in [-0.1, -0.05) is 62.8 Å². The van der Waals surface area contributed by atoms with Crippen LogP contribution in [0.2, 0.25) is 5.02 Å². The third-order valence-electron chi connectivity index (χ3n) is 3.99. The number of nitrogens with zero attached hydrogens (tertiary/aromatic N) is 2. The number of benzene rings is 1. The molecule has 0 aliphatic rings. The van der Waals surface area contributed by atoms with Crippen molar-refractivity contribution >= 4 is 11.6 Å². The molecule has 0 spiro atoms. The summed E-state index contributed by atoms with van der Waals surface area (Å²) >= 11 is 6.01. The van der Waals surface area contributed by atoms with Gasteiger partial charge >= 0.3 is 0 Å². The second-order valence-electron chi connectivity index (χ2n) is 5.71. The van der Waals surface area contributed by atoms with Gasteiger partial charge in [0.15, 0.2) is 0 Å². The molecule has 114 valence electrons. The minimum Gasteiger partial charge on any atom is -0.337 e. The average molecular weight is 305 g/mol. The number of unbranched alkanes of at least 4 members (excludes halogenated alkanes) is 4. The first kappa shape index (κ1) is 16.1. The first-order valence-corrected chi connectivity index (χ1v) is 8.38. The fourth-order valence-electron chi connectivity index (χ4n) is 2.74. The Morgan fingerprint density at radius 3 is 2.52 bits per heavy atom. The predicted molar refractivity (Wildman–Crippen MR) is 89.8 cm³/mol. The lowest BCUT2D eigenvalue weighted by Crippen LogP contribution is -2.08. The minimum atomic E-state index is 0.540. The average Bonchev–Trinajstić information content (AvgIpc) is 3.00. The van der Waals surface area contributed by atoms with Crippen LogP contribution in [0, 0.1) is 0 Å². The second-order valence-corrected chi connectivity index (χ2v) is 6.15. The molecule has 0 aliphatic carbocycles. The van der Waals surface area contributed by atoms with E-state index in [1.54, 1.807) is 0 Å². The fraction of sp³-hybridized carbons (Fsp3) is 0.500. The summed E-state index contributed by atoms with van der Waals surface area (Å²) in [5, 5.41) is 0.808. The van der Waals surface area contributed by atoms with E-state index >= 15 is 0 Å². The van der Waals surface area contributed by atoms with Crippen molar-refractivity contribution in [2.45, 2.75) is 57.9 Å². The van der Waals surface area contributed by atoms with Crippen LogP contribution in [0.25, 0.3) is 0 Å². The summed E-state index contributed by atoms with van der Waals surface area (Å²) in [4.78, 5) is 4.15. The molecule has 2 nitrogen and oxygen atoms in total. The van der Waals surface area contributed by atoms with E-state index in [-0.39, 0.29) is 0 Å². The summed E-state index contributed by atoms with van der Waals surface area (Å²) < 4.78 is 2.17. The van der Waals surface area contributed by atoms with Crippen LogP contribution in [-0.4, -0.2) is 9.55 Å². The van der Waals surface area contributed by atoms with Crippen LogP contribution in [0.3, 0.4) is 0 Å². The summed E-state index contributed by atoms with van der Waals surface area (Å²) in [6, 6.07) is 8.32. The van der Waals surface area contributed by atoms with Crippen molar-refractivity contribution in [1.82, 2.24) is 9.55 Å². The molecule has 0 saturated heterocycles. The number of hydrogen-bond donors (Lipinski definition) is 0. The van der Waals surface area contributed by atoms with Gasteiger partial charge in [-0.05, 0) is 24.1 Å². The van der Waals surface area contributed by atoms with Crippen molar-refractivity contribution < 1.29 is 0 Å². The Balaban J connectivity index is 1.94. The zero-order valence-corrected chi connectivity index (χ0v) is 13.6. The molecule has 2 rings (SSSR count). The number of halogens is 1. The lowest BCUT2D eigenvalue weighted by atomic mass is 9.92. The highest BCUT2D eigenvalue weighted by atomic mass is 35.5. The van der Waals surface area contributed by atoms with Crippen molar-refractivity contribution in [2.75, 3.05) is 0 Å². The third-order valence-corrected chi connectivity index (χ3v) is 4.24. The van der Waals surface area contributed by atoms with Gasteiger partial charge < -0.3 is 4.57 Å². The summed E-state index contributed by atoms with van der Waals surface area (Å²) in [7, 11) is 0. The summed E-state index contributed by atoms with van der Waals surface area (Å²) in [5.41, 5.74) is 1.38.